The maximum Gasteiger partial charge on any atom is 0.123 e. The van der Waals surface area contributed by atoms with Gasteiger partial charge in [-0.25, -0.2) is 0 Å². The minimum Gasteiger partial charge on any atom is -0.303 e. The average molecular weight is 145 g/mol. The Hall–Kier alpha value is 0.0200. The van der Waals surface area contributed by atoms with Crippen LogP contribution >= 0.6 is 11.8 Å². The molecule has 1 aliphatic heterocycles. The van der Waals surface area contributed by atoms with Crippen molar-refractivity contribution in [1.29, 1.82) is 0 Å². The fraction of sp³-hybridized carbons (Fsp3) is 0.857. The fourth-order valence-corrected chi connectivity index (χ4v) is 2.38. The molecule has 1 nitrogen and oxygen atoms in total. The highest BCUT2D eigenvalue weighted by atomic mass is 32.2. The number of thioether (sulfide) groups is 1. The number of carbonyl (C=O) groups excluding carboxylic acids is 1. The van der Waals surface area contributed by atoms with E-state index in [9.17, 15) is 4.79 Å². The number of hydrogen-bond donors (Lipinski definition) is 0. The summed E-state index contributed by atoms with van der Waals surface area (Å²) in [5.74, 6) is 0.913. The van der Waals surface area contributed by atoms with E-state index < -0.39 is 0 Å². The lowest BCUT2D eigenvalue weighted by Gasteiger charge is -2.00. The van der Waals surface area contributed by atoms with Crippen LogP contribution in [0.15, 0.2) is 0 Å². The van der Waals surface area contributed by atoms with Crippen molar-refractivity contribution in [3.63, 3.8) is 0 Å². The van der Waals surface area contributed by atoms with E-state index in [2.05, 4.69) is 6.92 Å². The second-order valence-electron chi connectivity index (χ2n) is 2.41. The van der Waals surface area contributed by atoms with Gasteiger partial charge in [-0.1, -0.05) is 6.92 Å². The van der Waals surface area contributed by atoms with Gasteiger partial charge in [-0.3, -0.25) is 0 Å². The van der Waals surface area contributed by atoms with Crippen molar-refractivity contribution in [2.45, 2.75) is 25.0 Å². The monoisotopic (exact) mass is 145 g/mol. The Morgan fingerprint density at radius 1 is 2.00 bits per heavy atom. The van der Waals surface area contributed by atoms with Gasteiger partial charge in [-0.05, 0) is 12.8 Å². The molecule has 1 rings (SSSR count). The van der Waals surface area contributed by atoms with Crippen molar-refractivity contribution < 1.29 is 6.17 Å². The maximum absolute atomic E-state index is 10.6. The Balaban J connectivity index is 2.35. The van der Waals surface area contributed by atoms with Crippen LogP contribution in [0.1, 0.15) is 21.1 Å². The number of rotatable bonds is 2. The molecule has 1 heterocycles. The predicted molar refractivity (Wildman–Crippen MR) is 40.7 cm³/mol. The summed E-state index contributed by atoms with van der Waals surface area (Å²) in [5, 5.41) is 0.638. The van der Waals surface area contributed by atoms with Crippen molar-refractivity contribution in [2.24, 2.45) is 5.92 Å². The first-order valence-corrected chi connectivity index (χ1v) is 4.41. The van der Waals surface area contributed by atoms with Gasteiger partial charge in [0.15, 0.2) is 0 Å². The standard InChI is InChI=1S/C7H12OS/c1-2-7-3-6(4-8)5-9-7/h4,6-7H,2-3,5H2,1H3/i4D. The first-order valence-electron chi connectivity index (χ1n) is 3.86. The number of hydrogen-bond acceptors (Lipinski definition) is 2. The van der Waals surface area contributed by atoms with Crippen LogP contribution in [0.3, 0.4) is 0 Å². The first kappa shape index (κ1) is 5.78. The third-order valence-electron chi connectivity index (χ3n) is 1.70. The highest BCUT2D eigenvalue weighted by molar-refractivity contribution is 8.00. The average Bonchev–Trinajstić information content (AvgIpc) is 2.34. The second kappa shape index (κ2) is 3.25. The van der Waals surface area contributed by atoms with E-state index in [1.54, 1.807) is 0 Å². The van der Waals surface area contributed by atoms with Gasteiger partial charge in [0.2, 0.25) is 0 Å². The van der Waals surface area contributed by atoms with E-state index in [-0.39, 0.29) is 12.2 Å². The summed E-state index contributed by atoms with van der Waals surface area (Å²) in [6.45, 7) is 2.13. The molecule has 2 atom stereocenters. The van der Waals surface area contributed by atoms with Gasteiger partial charge in [0.25, 0.3) is 0 Å². The molecule has 2 unspecified atom stereocenters. The van der Waals surface area contributed by atoms with Crippen LogP contribution in [-0.2, 0) is 4.79 Å². The zero-order valence-corrected chi connectivity index (χ0v) is 6.41. The second-order valence-corrected chi connectivity index (χ2v) is 3.75. The molecule has 1 fully saturated rings. The normalized spacial score (nSPS) is 36.3. The molecule has 0 bridgehead atoms. The van der Waals surface area contributed by atoms with Gasteiger partial charge in [0.05, 0.1) is 0 Å². The Morgan fingerprint density at radius 3 is 3.11 bits per heavy atom. The van der Waals surface area contributed by atoms with Crippen molar-refractivity contribution in [3.8, 4) is 0 Å². The molecule has 1 aliphatic rings. The van der Waals surface area contributed by atoms with Gasteiger partial charge in [0, 0.05) is 16.9 Å². The molecule has 0 saturated carbocycles. The summed E-state index contributed by atoms with van der Waals surface area (Å²) in [6, 6.07) is 0. The summed E-state index contributed by atoms with van der Waals surface area (Å²) in [6.07, 6.45) is 1.70. The Kier molecular flexibility index (Phi) is 2.09. The van der Waals surface area contributed by atoms with Crippen LogP contribution in [-0.4, -0.2) is 17.3 Å². The van der Waals surface area contributed by atoms with E-state index in [1.807, 2.05) is 11.8 Å². The van der Waals surface area contributed by atoms with E-state index >= 15 is 0 Å². The predicted octanol–water partition coefficient (Wildman–Crippen LogP) is 1.72. The highest BCUT2D eigenvalue weighted by Crippen LogP contribution is 2.31. The largest absolute Gasteiger partial charge is 0.303 e. The molecule has 1 saturated heterocycles. The van der Waals surface area contributed by atoms with Crippen molar-refractivity contribution >= 4 is 18.0 Å². The number of carbonyl (C=O) groups is 1. The first-order chi connectivity index (χ1) is 4.74. The zero-order valence-electron chi connectivity index (χ0n) is 6.59. The van der Waals surface area contributed by atoms with E-state index in [1.165, 1.54) is 0 Å². The van der Waals surface area contributed by atoms with Gasteiger partial charge < -0.3 is 4.79 Å². The maximum atomic E-state index is 10.6. The Bertz CT molecular complexity index is 138. The lowest BCUT2D eigenvalue weighted by molar-refractivity contribution is -0.110. The molecule has 0 radical (unpaired) electrons. The summed E-state index contributed by atoms with van der Waals surface area (Å²) in [5.41, 5.74) is 0. The molecule has 2 heteroatoms. The van der Waals surface area contributed by atoms with Gasteiger partial charge in [-0.2, -0.15) is 11.8 Å². The molecule has 0 N–H and O–H groups in total. The van der Waals surface area contributed by atoms with Crippen LogP contribution in [0, 0.1) is 5.92 Å². The number of aldehydes is 1. The van der Waals surface area contributed by atoms with E-state index in [4.69, 9.17) is 1.37 Å². The summed E-state index contributed by atoms with van der Waals surface area (Å²) in [4.78, 5) is 10.6. The highest BCUT2D eigenvalue weighted by Gasteiger charge is 2.22. The molecule has 0 spiro atoms. The molecular formula is C7H12OS. The molecule has 0 aromatic heterocycles. The molecule has 9 heavy (non-hydrogen) atoms. The lowest BCUT2D eigenvalue weighted by atomic mass is 10.1. The zero-order chi connectivity index (χ0) is 7.56. The molecule has 0 aromatic carbocycles. The Labute approximate surface area is 61.6 Å². The molecule has 52 valence electrons. The van der Waals surface area contributed by atoms with Crippen LogP contribution in [0.4, 0.5) is 0 Å². The van der Waals surface area contributed by atoms with E-state index in [0.717, 1.165) is 18.6 Å². The molecule has 0 amide bonds. The third-order valence-corrected chi connectivity index (χ3v) is 3.29. The van der Waals surface area contributed by atoms with Crippen LogP contribution < -0.4 is 0 Å². The SMILES string of the molecule is [2H]C(=O)C1CSC(CC)C1. The van der Waals surface area contributed by atoms with Crippen molar-refractivity contribution in [1.82, 2.24) is 0 Å². The minimum atomic E-state index is -0.372. The Morgan fingerprint density at radius 2 is 2.78 bits per heavy atom. The summed E-state index contributed by atoms with van der Waals surface area (Å²) >= 11 is 1.84. The van der Waals surface area contributed by atoms with Gasteiger partial charge in [0.1, 0.15) is 7.63 Å². The van der Waals surface area contributed by atoms with Crippen LogP contribution in [0.2, 0.25) is 0 Å². The third kappa shape index (κ3) is 1.71. The van der Waals surface area contributed by atoms with Gasteiger partial charge in [-0.15, -0.1) is 0 Å². The van der Waals surface area contributed by atoms with Crippen LogP contribution in [0.5, 0.6) is 0 Å². The molecule has 0 aliphatic carbocycles. The fourth-order valence-electron chi connectivity index (χ4n) is 1.07. The summed E-state index contributed by atoms with van der Waals surface area (Å²) in [7, 11) is 0. The smallest absolute Gasteiger partial charge is 0.123 e. The summed E-state index contributed by atoms with van der Waals surface area (Å²) < 4.78 is 6.89. The van der Waals surface area contributed by atoms with Crippen molar-refractivity contribution in [3.05, 3.63) is 0 Å². The van der Waals surface area contributed by atoms with Crippen LogP contribution in [0.25, 0.3) is 0 Å². The lowest BCUT2D eigenvalue weighted by Crippen LogP contribution is -2.00. The van der Waals surface area contributed by atoms with Gasteiger partial charge >= 0.3 is 0 Å². The topological polar surface area (TPSA) is 17.1 Å². The minimum absolute atomic E-state index is 0.0370. The quantitative estimate of drug-likeness (QED) is 0.550. The van der Waals surface area contributed by atoms with Crippen molar-refractivity contribution in [2.75, 3.05) is 5.75 Å². The molecular weight excluding hydrogens is 132 g/mol. The van der Waals surface area contributed by atoms with E-state index in [0.29, 0.717) is 5.25 Å². The molecule has 0 aromatic rings.